The Morgan fingerprint density at radius 1 is 0.844 bits per heavy atom. The van der Waals surface area contributed by atoms with Crippen molar-refractivity contribution in [3.8, 4) is 0 Å². The Labute approximate surface area is 365 Å². The van der Waals surface area contributed by atoms with Gasteiger partial charge in [0.15, 0.2) is 0 Å². The first-order valence-electron chi connectivity index (χ1n) is 21.8. The molecule has 6 amide bonds. The quantitative estimate of drug-likeness (QED) is 0.244. The number of anilines is 3. The van der Waals surface area contributed by atoms with Gasteiger partial charge in [-0.15, -0.1) is 0 Å². The number of likely N-dealkylation sites (tertiary alicyclic amines) is 1. The highest BCUT2D eigenvalue weighted by molar-refractivity contribution is 6.23. The molecular weight excluding hydrogens is 836 g/mol. The molecular formula is C45H46F3N9O7. The van der Waals surface area contributed by atoms with Crippen LogP contribution in [0.1, 0.15) is 94.3 Å². The van der Waals surface area contributed by atoms with Gasteiger partial charge in [-0.2, -0.15) is 18.3 Å². The number of pyridine rings is 1. The number of aromatic nitrogens is 3. The van der Waals surface area contributed by atoms with Gasteiger partial charge in [0.1, 0.15) is 17.4 Å². The zero-order valence-electron chi connectivity index (χ0n) is 34.9. The monoisotopic (exact) mass is 881 g/mol. The number of fused-ring (bicyclic) bond motifs is 2. The minimum absolute atomic E-state index is 0.0529. The molecule has 0 radical (unpaired) electrons. The Morgan fingerprint density at radius 2 is 1.58 bits per heavy atom. The number of piperidine rings is 3. The molecule has 10 rings (SSSR count). The van der Waals surface area contributed by atoms with E-state index in [0.717, 1.165) is 59.3 Å². The van der Waals surface area contributed by atoms with Gasteiger partial charge >= 0.3 is 6.18 Å². The number of amides is 6. The van der Waals surface area contributed by atoms with Crippen molar-refractivity contribution in [2.75, 3.05) is 67.6 Å². The lowest BCUT2D eigenvalue weighted by Crippen LogP contribution is -2.54. The third kappa shape index (κ3) is 7.62. The van der Waals surface area contributed by atoms with Gasteiger partial charge in [0, 0.05) is 68.9 Å². The van der Waals surface area contributed by atoms with Crippen molar-refractivity contribution < 1.29 is 46.7 Å². The molecule has 2 N–H and O–H groups in total. The molecule has 1 saturated carbocycles. The smallest absolute Gasteiger partial charge is 0.378 e. The van der Waals surface area contributed by atoms with E-state index in [-0.39, 0.29) is 52.9 Å². The molecule has 64 heavy (non-hydrogen) atoms. The Hall–Kier alpha value is -6.37. The zero-order chi connectivity index (χ0) is 44.5. The van der Waals surface area contributed by atoms with Crippen molar-refractivity contribution in [3.63, 3.8) is 0 Å². The van der Waals surface area contributed by atoms with Gasteiger partial charge in [-0.05, 0) is 92.8 Å². The number of halogens is 3. The average molecular weight is 882 g/mol. The van der Waals surface area contributed by atoms with Gasteiger partial charge in [-0.3, -0.25) is 43.7 Å². The van der Waals surface area contributed by atoms with Crippen molar-refractivity contribution in [2.45, 2.75) is 69.6 Å². The molecule has 334 valence electrons. The molecule has 19 heteroatoms. The fraction of sp³-hybridized carbons (Fsp3) is 0.467. The van der Waals surface area contributed by atoms with Crippen LogP contribution in [0, 0.1) is 11.3 Å². The summed E-state index contributed by atoms with van der Waals surface area (Å²) in [5, 5.41) is 10.8. The molecule has 7 heterocycles. The number of nitrogens with zero attached hydrogens (tertiary/aromatic N) is 7. The van der Waals surface area contributed by atoms with Crippen LogP contribution in [0.15, 0.2) is 54.7 Å². The number of benzene rings is 2. The second-order valence-electron chi connectivity index (χ2n) is 17.8. The summed E-state index contributed by atoms with van der Waals surface area (Å²) < 4.78 is 47.6. The molecule has 5 fully saturated rings. The maximum absolute atomic E-state index is 13.8. The summed E-state index contributed by atoms with van der Waals surface area (Å²) >= 11 is 0. The molecule has 1 atom stereocenters. The van der Waals surface area contributed by atoms with E-state index >= 15 is 0 Å². The lowest BCUT2D eigenvalue weighted by atomic mass is 9.60. The van der Waals surface area contributed by atoms with Crippen molar-refractivity contribution in [1.82, 2.24) is 29.9 Å². The zero-order valence-corrected chi connectivity index (χ0v) is 34.9. The normalized spacial score (nSPS) is 22.0. The molecule has 1 unspecified atom stereocenters. The molecule has 0 bridgehead atoms. The first kappa shape index (κ1) is 41.6. The van der Waals surface area contributed by atoms with E-state index in [0.29, 0.717) is 76.7 Å². The maximum atomic E-state index is 13.8. The van der Waals surface area contributed by atoms with Crippen molar-refractivity contribution >= 4 is 63.4 Å². The molecule has 1 aliphatic carbocycles. The van der Waals surface area contributed by atoms with Crippen LogP contribution in [0.25, 0.3) is 10.9 Å². The molecule has 4 saturated heterocycles. The second kappa shape index (κ2) is 16.0. The maximum Gasteiger partial charge on any atom is 0.433 e. The number of carbonyl (C=O) groups is 6. The highest BCUT2D eigenvalue weighted by atomic mass is 19.4. The van der Waals surface area contributed by atoms with Crippen LogP contribution in [-0.4, -0.2) is 119 Å². The van der Waals surface area contributed by atoms with Crippen LogP contribution >= 0.6 is 0 Å². The number of alkyl halides is 3. The Morgan fingerprint density at radius 3 is 2.30 bits per heavy atom. The van der Waals surface area contributed by atoms with Gasteiger partial charge in [-0.1, -0.05) is 6.07 Å². The molecule has 1 spiro atoms. The lowest BCUT2D eigenvalue weighted by Gasteiger charge is -2.52. The first-order chi connectivity index (χ1) is 30.7. The average Bonchev–Trinajstić information content (AvgIpc) is 3.81. The van der Waals surface area contributed by atoms with Gasteiger partial charge in [-0.25, -0.2) is 4.98 Å². The Bertz CT molecular complexity index is 2580. The van der Waals surface area contributed by atoms with Crippen LogP contribution in [-0.2, 0) is 25.3 Å². The summed E-state index contributed by atoms with van der Waals surface area (Å²) in [6.07, 6.45) is 2.36. The molecule has 2 aromatic heterocycles. The van der Waals surface area contributed by atoms with Crippen molar-refractivity contribution in [3.05, 3.63) is 77.2 Å². The predicted molar refractivity (Wildman–Crippen MR) is 225 cm³/mol. The third-order valence-electron chi connectivity index (χ3n) is 14.0. The Balaban J connectivity index is 0.744. The van der Waals surface area contributed by atoms with E-state index in [1.807, 2.05) is 27.9 Å². The number of hydrogen-bond acceptors (Lipinski definition) is 11. The summed E-state index contributed by atoms with van der Waals surface area (Å²) in [6.45, 7) is 4.71. The largest absolute Gasteiger partial charge is 0.433 e. The SMILES string of the molecule is O=C1CCC(N2C(=O)c3ccc(N4CCC(C(=O)N5CCC6(CC5)CC(n5cc7cc(NC(=O)c8cccc(C(F)(F)F)n8)c(N8CCOCC8)cc7n5)C6)CC4)cc3C2=O)C(=O)N1. The summed E-state index contributed by atoms with van der Waals surface area (Å²) in [5.41, 5.74) is 1.75. The first-order valence-corrected chi connectivity index (χ1v) is 21.8. The Kier molecular flexibility index (Phi) is 10.4. The fourth-order valence-electron chi connectivity index (χ4n) is 10.4. The number of nitrogens with one attached hydrogen (secondary N) is 2. The van der Waals surface area contributed by atoms with E-state index < -0.39 is 47.4 Å². The number of hydrogen-bond donors (Lipinski definition) is 2. The molecule has 5 aliphatic heterocycles. The summed E-state index contributed by atoms with van der Waals surface area (Å²) in [7, 11) is 0. The van der Waals surface area contributed by atoms with Crippen LogP contribution < -0.4 is 20.4 Å². The number of ether oxygens (including phenoxy) is 1. The van der Waals surface area contributed by atoms with Gasteiger partial charge in [0.25, 0.3) is 17.7 Å². The van der Waals surface area contributed by atoms with Gasteiger partial charge in [0.2, 0.25) is 17.7 Å². The molecule has 2 aromatic carbocycles. The predicted octanol–water partition coefficient (Wildman–Crippen LogP) is 4.80. The number of morpholine rings is 1. The fourth-order valence-corrected chi connectivity index (χ4v) is 10.4. The van der Waals surface area contributed by atoms with Crippen LogP contribution in [0.3, 0.4) is 0 Å². The van der Waals surface area contributed by atoms with Crippen LogP contribution in [0.2, 0.25) is 0 Å². The van der Waals surface area contributed by atoms with E-state index in [4.69, 9.17) is 9.84 Å². The summed E-state index contributed by atoms with van der Waals surface area (Å²) in [5.74, 6) is -2.86. The van der Waals surface area contributed by atoms with Gasteiger partial charge < -0.3 is 24.8 Å². The third-order valence-corrected chi connectivity index (χ3v) is 14.0. The van der Waals surface area contributed by atoms with E-state index in [9.17, 15) is 41.9 Å². The van der Waals surface area contributed by atoms with Gasteiger partial charge in [0.05, 0.1) is 47.3 Å². The highest BCUT2D eigenvalue weighted by Gasteiger charge is 2.48. The standard InChI is InChI=1S/C45H46F3N9O7/c46-45(47,48)37-3-1-2-32(49-37)39(59)50-34-20-27-25-56(52-33(27)22-36(34)54-16-18-64-19-17-54)29-23-44(24-29)10-14-55(15-11-44)41(61)26-8-12-53(13-9-26)28-4-5-30-31(21-28)43(63)57(42(30)62)35-6-7-38(58)51-40(35)60/h1-5,20-22,25-26,29,35H,6-19,23-24H2,(H,50,59)(H,51,58,60). The van der Waals surface area contributed by atoms with Crippen molar-refractivity contribution in [1.29, 1.82) is 0 Å². The van der Waals surface area contributed by atoms with Crippen molar-refractivity contribution in [2.24, 2.45) is 11.3 Å². The van der Waals surface area contributed by atoms with Crippen LogP contribution in [0.5, 0.6) is 0 Å². The minimum Gasteiger partial charge on any atom is -0.378 e. The van der Waals surface area contributed by atoms with E-state index in [2.05, 4.69) is 25.4 Å². The molecule has 4 aromatic rings. The number of imide groups is 2. The topological polar surface area (TPSA) is 179 Å². The summed E-state index contributed by atoms with van der Waals surface area (Å²) in [4.78, 5) is 88.5. The second-order valence-corrected chi connectivity index (χ2v) is 17.8. The van der Waals surface area contributed by atoms with Crippen LogP contribution in [0.4, 0.5) is 30.2 Å². The lowest BCUT2D eigenvalue weighted by molar-refractivity contribution is -0.141. The highest BCUT2D eigenvalue weighted by Crippen LogP contribution is 2.55. The molecule has 16 nitrogen and oxygen atoms in total. The van der Waals surface area contributed by atoms with E-state index in [1.54, 1.807) is 18.2 Å². The summed E-state index contributed by atoms with van der Waals surface area (Å²) in [6, 6.07) is 11.2. The minimum atomic E-state index is -4.69. The number of carbonyl (C=O) groups excluding carboxylic acids is 6. The molecule has 6 aliphatic rings. The van der Waals surface area contributed by atoms with E-state index in [1.165, 1.54) is 6.07 Å². The number of rotatable bonds is 7.